The minimum absolute atomic E-state index is 0.248. The molecule has 0 radical (unpaired) electrons. The van der Waals surface area contributed by atoms with Crippen LogP contribution in [0, 0.1) is 0 Å². The number of ether oxygens (including phenoxy) is 1. The minimum atomic E-state index is -0.321. The fourth-order valence-corrected chi connectivity index (χ4v) is 2.04. The molecule has 6 nitrogen and oxygen atoms in total. The normalized spacial score (nSPS) is 10.4. The van der Waals surface area contributed by atoms with Crippen molar-refractivity contribution in [3.8, 4) is 5.75 Å². The Balaban J connectivity index is 1.57. The Morgan fingerprint density at radius 1 is 1.32 bits per heavy atom. The first kappa shape index (κ1) is 14.4. The van der Waals surface area contributed by atoms with Crippen molar-refractivity contribution >= 4 is 27.5 Å². The Hall–Kier alpha value is -2.54. The SMILES string of the molecule is O=C(Nc1cnn(COc2ccc(Br)cc2)c1)c1ccco1. The third-order valence-corrected chi connectivity index (χ3v) is 3.34. The molecule has 1 N–H and O–H groups in total. The summed E-state index contributed by atoms with van der Waals surface area (Å²) in [7, 11) is 0. The second-order valence-corrected chi connectivity index (χ2v) is 5.34. The number of aromatic nitrogens is 2. The zero-order chi connectivity index (χ0) is 15.4. The molecule has 0 atom stereocenters. The Kier molecular flexibility index (Phi) is 4.24. The van der Waals surface area contributed by atoms with Gasteiger partial charge >= 0.3 is 0 Å². The molecule has 0 bridgehead atoms. The topological polar surface area (TPSA) is 69.3 Å². The maximum atomic E-state index is 11.8. The quantitative estimate of drug-likeness (QED) is 0.754. The molecule has 7 heteroatoms. The molecule has 0 aliphatic heterocycles. The van der Waals surface area contributed by atoms with E-state index in [4.69, 9.17) is 9.15 Å². The van der Waals surface area contributed by atoms with Gasteiger partial charge in [0, 0.05) is 4.47 Å². The van der Waals surface area contributed by atoms with Gasteiger partial charge in [-0.1, -0.05) is 15.9 Å². The highest BCUT2D eigenvalue weighted by Crippen LogP contribution is 2.16. The number of anilines is 1. The molecule has 3 rings (SSSR count). The summed E-state index contributed by atoms with van der Waals surface area (Å²) in [5, 5.41) is 6.81. The number of amides is 1. The van der Waals surface area contributed by atoms with E-state index >= 15 is 0 Å². The summed E-state index contributed by atoms with van der Waals surface area (Å²) in [6.07, 6.45) is 4.68. The summed E-state index contributed by atoms with van der Waals surface area (Å²) in [5.41, 5.74) is 0.570. The van der Waals surface area contributed by atoms with Crippen LogP contribution in [0.3, 0.4) is 0 Å². The molecule has 0 aliphatic rings. The van der Waals surface area contributed by atoms with Crippen LogP contribution >= 0.6 is 15.9 Å². The number of carbonyl (C=O) groups is 1. The Morgan fingerprint density at radius 3 is 2.86 bits per heavy atom. The van der Waals surface area contributed by atoms with Gasteiger partial charge in [0.15, 0.2) is 12.5 Å². The van der Waals surface area contributed by atoms with Crippen LogP contribution in [0.2, 0.25) is 0 Å². The van der Waals surface area contributed by atoms with Crippen molar-refractivity contribution < 1.29 is 13.9 Å². The van der Waals surface area contributed by atoms with Crippen LogP contribution < -0.4 is 10.1 Å². The molecule has 2 heterocycles. The van der Waals surface area contributed by atoms with Gasteiger partial charge in [-0.25, -0.2) is 4.68 Å². The number of nitrogens with zero attached hydrogens (tertiary/aromatic N) is 2. The predicted octanol–water partition coefficient (Wildman–Crippen LogP) is 3.53. The second-order valence-electron chi connectivity index (χ2n) is 4.43. The standard InChI is InChI=1S/C15H12BrN3O3/c16-11-3-5-13(6-4-11)22-10-19-9-12(8-17-19)18-15(20)14-2-1-7-21-14/h1-9H,10H2,(H,18,20). The van der Waals surface area contributed by atoms with Gasteiger partial charge in [-0.2, -0.15) is 5.10 Å². The lowest BCUT2D eigenvalue weighted by molar-refractivity contribution is 0.0996. The first-order valence-electron chi connectivity index (χ1n) is 6.46. The largest absolute Gasteiger partial charge is 0.471 e. The number of furan rings is 1. The lowest BCUT2D eigenvalue weighted by Crippen LogP contribution is -2.10. The summed E-state index contributed by atoms with van der Waals surface area (Å²) >= 11 is 3.36. The maximum Gasteiger partial charge on any atom is 0.291 e. The first-order valence-corrected chi connectivity index (χ1v) is 7.26. The lowest BCUT2D eigenvalue weighted by Gasteiger charge is -2.05. The van der Waals surface area contributed by atoms with E-state index in [2.05, 4.69) is 26.3 Å². The van der Waals surface area contributed by atoms with Gasteiger partial charge in [0.1, 0.15) is 5.75 Å². The average molecular weight is 362 g/mol. The number of hydrogen-bond acceptors (Lipinski definition) is 4. The molecule has 112 valence electrons. The van der Waals surface area contributed by atoms with Gasteiger partial charge < -0.3 is 14.5 Å². The van der Waals surface area contributed by atoms with Crippen LogP contribution in [0.25, 0.3) is 0 Å². The summed E-state index contributed by atoms with van der Waals surface area (Å²) < 4.78 is 13.2. The van der Waals surface area contributed by atoms with E-state index in [1.165, 1.54) is 6.26 Å². The summed E-state index contributed by atoms with van der Waals surface area (Å²) in [5.74, 6) is 0.664. The molecule has 22 heavy (non-hydrogen) atoms. The number of halogens is 1. The van der Waals surface area contributed by atoms with E-state index in [-0.39, 0.29) is 18.4 Å². The van der Waals surface area contributed by atoms with E-state index in [1.54, 1.807) is 29.2 Å². The number of benzene rings is 1. The number of carbonyl (C=O) groups excluding carboxylic acids is 1. The zero-order valence-electron chi connectivity index (χ0n) is 11.4. The molecule has 0 spiro atoms. The van der Waals surface area contributed by atoms with Gasteiger partial charge in [0.25, 0.3) is 5.91 Å². The Morgan fingerprint density at radius 2 is 2.14 bits per heavy atom. The van der Waals surface area contributed by atoms with Crippen LogP contribution in [-0.2, 0) is 6.73 Å². The fourth-order valence-electron chi connectivity index (χ4n) is 1.77. The van der Waals surface area contributed by atoms with E-state index in [0.29, 0.717) is 5.69 Å². The summed E-state index contributed by atoms with van der Waals surface area (Å²) in [4.78, 5) is 11.8. The van der Waals surface area contributed by atoms with Gasteiger partial charge in [-0.05, 0) is 36.4 Å². The molecule has 0 aliphatic carbocycles. The molecule has 1 amide bonds. The molecular formula is C15H12BrN3O3. The second kappa shape index (κ2) is 6.48. The highest BCUT2D eigenvalue weighted by Gasteiger charge is 2.09. The van der Waals surface area contributed by atoms with Crippen molar-refractivity contribution in [2.75, 3.05) is 5.32 Å². The molecular weight excluding hydrogens is 350 g/mol. The van der Waals surface area contributed by atoms with E-state index < -0.39 is 0 Å². The third kappa shape index (κ3) is 3.56. The van der Waals surface area contributed by atoms with Crippen molar-refractivity contribution in [3.05, 3.63) is 65.3 Å². The highest BCUT2D eigenvalue weighted by atomic mass is 79.9. The zero-order valence-corrected chi connectivity index (χ0v) is 13.0. The van der Waals surface area contributed by atoms with Crippen molar-refractivity contribution in [3.63, 3.8) is 0 Å². The fraction of sp³-hybridized carbons (Fsp3) is 0.0667. The summed E-state index contributed by atoms with van der Waals surface area (Å²) in [6, 6.07) is 10.8. The smallest absolute Gasteiger partial charge is 0.291 e. The van der Waals surface area contributed by atoms with Gasteiger partial charge in [-0.15, -0.1) is 0 Å². The number of hydrogen-bond donors (Lipinski definition) is 1. The molecule has 3 aromatic rings. The van der Waals surface area contributed by atoms with Crippen molar-refractivity contribution in [2.24, 2.45) is 0 Å². The van der Waals surface area contributed by atoms with Crippen LogP contribution in [0.4, 0.5) is 5.69 Å². The van der Waals surface area contributed by atoms with Crippen molar-refractivity contribution in [1.82, 2.24) is 9.78 Å². The van der Waals surface area contributed by atoms with Crippen LogP contribution in [0.5, 0.6) is 5.75 Å². The molecule has 0 saturated carbocycles. The van der Waals surface area contributed by atoms with Crippen LogP contribution in [0.1, 0.15) is 10.6 Å². The van der Waals surface area contributed by atoms with Crippen LogP contribution in [-0.4, -0.2) is 15.7 Å². The third-order valence-electron chi connectivity index (χ3n) is 2.81. The van der Waals surface area contributed by atoms with E-state index in [0.717, 1.165) is 10.2 Å². The molecule has 0 fully saturated rings. The average Bonchev–Trinajstić information content (AvgIpc) is 3.18. The monoisotopic (exact) mass is 361 g/mol. The van der Waals surface area contributed by atoms with E-state index in [9.17, 15) is 4.79 Å². The number of rotatable bonds is 5. The summed E-state index contributed by atoms with van der Waals surface area (Å²) in [6.45, 7) is 0.248. The molecule has 0 saturated heterocycles. The van der Waals surface area contributed by atoms with Crippen molar-refractivity contribution in [2.45, 2.75) is 6.73 Å². The van der Waals surface area contributed by atoms with Crippen molar-refractivity contribution in [1.29, 1.82) is 0 Å². The minimum Gasteiger partial charge on any atom is -0.471 e. The lowest BCUT2D eigenvalue weighted by atomic mass is 10.3. The Labute approximate surface area is 134 Å². The predicted molar refractivity (Wildman–Crippen MR) is 83.7 cm³/mol. The Bertz CT molecular complexity index is 751. The molecule has 0 unspecified atom stereocenters. The van der Waals surface area contributed by atoms with Gasteiger partial charge in [0.2, 0.25) is 0 Å². The number of nitrogens with one attached hydrogen (secondary N) is 1. The van der Waals surface area contributed by atoms with Gasteiger partial charge in [-0.3, -0.25) is 4.79 Å². The molecule has 2 aromatic heterocycles. The first-order chi connectivity index (χ1) is 10.7. The van der Waals surface area contributed by atoms with Crippen LogP contribution in [0.15, 0.2) is 63.9 Å². The highest BCUT2D eigenvalue weighted by molar-refractivity contribution is 9.10. The molecule has 1 aromatic carbocycles. The van der Waals surface area contributed by atoms with Gasteiger partial charge in [0.05, 0.1) is 24.3 Å². The maximum absolute atomic E-state index is 11.8. The van der Waals surface area contributed by atoms with E-state index in [1.807, 2.05) is 24.3 Å².